The predicted molar refractivity (Wildman–Crippen MR) is 89.1 cm³/mol. The maximum Gasteiger partial charge on any atom is 0.410 e. The van der Waals surface area contributed by atoms with Crippen LogP contribution in [0.4, 0.5) is 4.79 Å². The molecular weight excluding hydrogens is 292 g/mol. The van der Waals surface area contributed by atoms with Gasteiger partial charge in [0.1, 0.15) is 11.9 Å². The van der Waals surface area contributed by atoms with Crippen molar-refractivity contribution in [3.8, 4) is 0 Å². The molecule has 1 saturated heterocycles. The Kier molecular flexibility index (Phi) is 5.77. The van der Waals surface area contributed by atoms with E-state index in [4.69, 9.17) is 4.74 Å². The minimum atomic E-state index is -0.524. The smallest absolute Gasteiger partial charge is 0.410 e. The predicted octanol–water partition coefficient (Wildman–Crippen LogP) is 2.70. The fraction of sp³-hybridized carbons (Fsp3) is 0.556. The van der Waals surface area contributed by atoms with Gasteiger partial charge in [-0.3, -0.25) is 4.90 Å². The van der Waals surface area contributed by atoms with Crippen LogP contribution in [0.3, 0.4) is 0 Å². The van der Waals surface area contributed by atoms with Crippen molar-refractivity contribution in [2.75, 3.05) is 19.6 Å². The number of benzene rings is 1. The van der Waals surface area contributed by atoms with Crippen LogP contribution >= 0.6 is 0 Å². The van der Waals surface area contributed by atoms with E-state index in [0.29, 0.717) is 19.5 Å². The molecule has 1 aliphatic rings. The van der Waals surface area contributed by atoms with E-state index in [1.807, 2.05) is 39.0 Å². The molecule has 0 N–H and O–H groups in total. The Labute approximate surface area is 138 Å². The van der Waals surface area contributed by atoms with Gasteiger partial charge in [-0.2, -0.15) is 0 Å². The first-order chi connectivity index (χ1) is 10.9. The second-order valence-electron chi connectivity index (χ2n) is 6.95. The quantitative estimate of drug-likeness (QED) is 0.801. The summed E-state index contributed by atoms with van der Waals surface area (Å²) in [6.07, 6.45) is 0.891. The van der Waals surface area contributed by atoms with Gasteiger partial charge in [0.25, 0.3) is 0 Å². The third-order valence-electron chi connectivity index (χ3n) is 3.81. The van der Waals surface area contributed by atoms with Gasteiger partial charge in [-0.05, 0) is 26.3 Å². The Morgan fingerprint density at radius 3 is 2.57 bits per heavy atom. The first-order valence-electron chi connectivity index (χ1n) is 8.08. The molecule has 0 bridgehead atoms. The number of hydrogen-bond acceptors (Lipinski definition) is 4. The molecule has 1 aromatic carbocycles. The number of carbonyl (C=O) groups excluding carboxylic acids is 2. The van der Waals surface area contributed by atoms with E-state index >= 15 is 0 Å². The fourth-order valence-electron chi connectivity index (χ4n) is 2.78. The van der Waals surface area contributed by atoms with Crippen molar-refractivity contribution in [3.63, 3.8) is 0 Å². The van der Waals surface area contributed by atoms with E-state index in [1.54, 1.807) is 4.90 Å². The number of rotatable bonds is 4. The van der Waals surface area contributed by atoms with Crippen molar-refractivity contribution >= 4 is 12.4 Å². The summed E-state index contributed by atoms with van der Waals surface area (Å²) in [5.41, 5.74) is 0.715. The molecule has 1 fully saturated rings. The molecule has 0 aromatic heterocycles. The highest BCUT2D eigenvalue weighted by Crippen LogP contribution is 2.18. The summed E-state index contributed by atoms with van der Waals surface area (Å²) in [5, 5.41) is 0. The summed E-state index contributed by atoms with van der Waals surface area (Å²) in [5.74, 6) is 0. The maximum absolute atomic E-state index is 12.3. The number of hydrogen-bond donors (Lipinski definition) is 0. The lowest BCUT2D eigenvalue weighted by Gasteiger charge is -2.41. The monoisotopic (exact) mass is 318 g/mol. The molecule has 0 radical (unpaired) electrons. The highest BCUT2D eigenvalue weighted by molar-refractivity contribution is 5.69. The molecule has 1 amide bonds. The average molecular weight is 318 g/mol. The third kappa shape index (κ3) is 5.36. The summed E-state index contributed by atoms with van der Waals surface area (Å²) < 4.78 is 5.46. The first kappa shape index (κ1) is 17.5. The van der Waals surface area contributed by atoms with Crippen LogP contribution in [0.5, 0.6) is 0 Å². The molecule has 5 nitrogen and oxygen atoms in total. The lowest BCUT2D eigenvalue weighted by atomic mass is 10.1. The van der Waals surface area contributed by atoms with Crippen molar-refractivity contribution in [1.82, 2.24) is 9.80 Å². The molecule has 1 atom stereocenters. The van der Waals surface area contributed by atoms with E-state index in [0.717, 1.165) is 19.4 Å². The van der Waals surface area contributed by atoms with Crippen LogP contribution in [-0.4, -0.2) is 53.5 Å². The molecule has 2 rings (SSSR count). The summed E-state index contributed by atoms with van der Waals surface area (Å²) in [4.78, 5) is 27.3. The van der Waals surface area contributed by atoms with E-state index < -0.39 is 5.60 Å². The molecule has 126 valence electrons. The topological polar surface area (TPSA) is 49.9 Å². The minimum absolute atomic E-state index is 0.125. The average Bonchev–Trinajstić information content (AvgIpc) is 2.47. The van der Waals surface area contributed by atoms with Gasteiger partial charge in [-0.15, -0.1) is 0 Å². The highest BCUT2D eigenvalue weighted by Gasteiger charge is 2.32. The molecule has 5 heteroatoms. The second-order valence-corrected chi connectivity index (χ2v) is 6.95. The number of nitrogens with zero attached hydrogens (tertiary/aromatic N) is 2. The molecule has 1 heterocycles. The van der Waals surface area contributed by atoms with Gasteiger partial charge in [-0.1, -0.05) is 30.3 Å². The van der Waals surface area contributed by atoms with Crippen LogP contribution in [-0.2, 0) is 16.1 Å². The second kappa shape index (κ2) is 7.59. The highest BCUT2D eigenvalue weighted by atomic mass is 16.6. The Morgan fingerprint density at radius 2 is 1.96 bits per heavy atom. The summed E-state index contributed by atoms with van der Waals surface area (Å²) in [6, 6.07) is 10.1. The van der Waals surface area contributed by atoms with Crippen LogP contribution in [0.1, 0.15) is 32.8 Å². The number of piperazine rings is 1. The third-order valence-corrected chi connectivity index (χ3v) is 3.81. The van der Waals surface area contributed by atoms with E-state index in [2.05, 4.69) is 17.0 Å². The summed E-state index contributed by atoms with van der Waals surface area (Å²) >= 11 is 0. The van der Waals surface area contributed by atoms with Gasteiger partial charge in [0.15, 0.2) is 0 Å². The number of amides is 1. The lowest BCUT2D eigenvalue weighted by molar-refractivity contribution is -0.109. The van der Waals surface area contributed by atoms with Crippen LogP contribution in [0, 0.1) is 0 Å². The van der Waals surface area contributed by atoms with Crippen molar-refractivity contribution in [2.24, 2.45) is 0 Å². The van der Waals surface area contributed by atoms with Gasteiger partial charge in [-0.25, -0.2) is 4.79 Å². The summed E-state index contributed by atoms with van der Waals surface area (Å²) in [7, 11) is 0. The van der Waals surface area contributed by atoms with Gasteiger partial charge >= 0.3 is 6.09 Å². The Morgan fingerprint density at radius 1 is 1.26 bits per heavy atom. The number of aldehydes is 1. The molecule has 0 spiro atoms. The van der Waals surface area contributed by atoms with E-state index in [-0.39, 0.29) is 12.1 Å². The lowest BCUT2D eigenvalue weighted by Crippen LogP contribution is -2.55. The molecule has 0 aliphatic carbocycles. The molecule has 1 aromatic rings. The Hall–Kier alpha value is -1.88. The largest absolute Gasteiger partial charge is 0.444 e. The van der Waals surface area contributed by atoms with Crippen LogP contribution in [0.15, 0.2) is 30.3 Å². The number of carbonyl (C=O) groups is 2. The maximum atomic E-state index is 12.3. The van der Waals surface area contributed by atoms with Crippen molar-refractivity contribution < 1.29 is 14.3 Å². The molecule has 0 unspecified atom stereocenters. The zero-order valence-electron chi connectivity index (χ0n) is 14.2. The number of ether oxygens (including phenoxy) is 1. The Bertz CT molecular complexity index is 525. The van der Waals surface area contributed by atoms with Gasteiger partial charge in [0.05, 0.1) is 6.04 Å². The molecule has 23 heavy (non-hydrogen) atoms. The van der Waals surface area contributed by atoms with E-state index in [1.165, 1.54) is 5.56 Å². The van der Waals surface area contributed by atoms with Crippen LogP contribution in [0.2, 0.25) is 0 Å². The zero-order chi connectivity index (χ0) is 16.9. The summed E-state index contributed by atoms with van der Waals surface area (Å²) in [6.45, 7) is 8.44. The first-order valence-corrected chi connectivity index (χ1v) is 8.08. The van der Waals surface area contributed by atoms with Crippen molar-refractivity contribution in [3.05, 3.63) is 35.9 Å². The van der Waals surface area contributed by atoms with Gasteiger partial charge in [0, 0.05) is 32.6 Å². The van der Waals surface area contributed by atoms with Gasteiger partial charge in [0.2, 0.25) is 0 Å². The molecule has 0 saturated carbocycles. The van der Waals surface area contributed by atoms with Crippen molar-refractivity contribution in [1.29, 1.82) is 0 Å². The zero-order valence-corrected chi connectivity index (χ0v) is 14.2. The Balaban J connectivity index is 1.99. The van der Waals surface area contributed by atoms with Crippen LogP contribution in [0.25, 0.3) is 0 Å². The standard InChI is InChI=1S/C18H26N2O3/c1-18(2,3)23-17(22)20-11-10-19(14-16(20)9-12-21)13-15-7-5-4-6-8-15/h4-8,12,16H,9-11,13-14H2,1-3H3/t16-/m1/s1. The minimum Gasteiger partial charge on any atom is -0.444 e. The van der Waals surface area contributed by atoms with Gasteiger partial charge < -0.3 is 14.4 Å². The van der Waals surface area contributed by atoms with Crippen molar-refractivity contribution in [2.45, 2.75) is 45.4 Å². The van der Waals surface area contributed by atoms with Crippen LogP contribution < -0.4 is 0 Å². The molecular formula is C18H26N2O3. The fourth-order valence-corrected chi connectivity index (χ4v) is 2.78. The SMILES string of the molecule is CC(C)(C)OC(=O)N1CCN(Cc2ccccc2)C[C@H]1CC=O. The normalized spacial score (nSPS) is 19.4. The molecule has 1 aliphatic heterocycles. The van der Waals surface area contributed by atoms with E-state index in [9.17, 15) is 9.59 Å².